The Morgan fingerprint density at radius 3 is 2.81 bits per heavy atom. The van der Waals surface area contributed by atoms with Gasteiger partial charge in [0, 0.05) is 18.3 Å². The molecule has 0 amide bonds. The summed E-state index contributed by atoms with van der Waals surface area (Å²) in [6, 6.07) is 5.70. The molecule has 0 fully saturated rings. The summed E-state index contributed by atoms with van der Waals surface area (Å²) in [5.74, 6) is 0. The van der Waals surface area contributed by atoms with E-state index >= 15 is 0 Å². The van der Waals surface area contributed by atoms with Gasteiger partial charge in [0.25, 0.3) is 0 Å². The first-order valence-corrected chi connectivity index (χ1v) is 6.18. The molecule has 0 aliphatic rings. The molecule has 0 aliphatic carbocycles. The van der Waals surface area contributed by atoms with Crippen molar-refractivity contribution in [2.75, 3.05) is 0 Å². The zero-order chi connectivity index (χ0) is 11.7. The highest BCUT2D eigenvalue weighted by molar-refractivity contribution is 7.16. The molecule has 2 aromatic rings. The third-order valence-electron chi connectivity index (χ3n) is 2.40. The molecule has 1 atom stereocenters. The summed E-state index contributed by atoms with van der Waals surface area (Å²) in [4.78, 5) is 1.08. The molecule has 0 radical (unpaired) electrons. The first-order valence-electron chi connectivity index (χ1n) is 4.99. The second-order valence-electron chi connectivity index (χ2n) is 3.76. The molecule has 2 aromatic heterocycles. The Kier molecular flexibility index (Phi) is 3.33. The van der Waals surface area contributed by atoms with Crippen molar-refractivity contribution >= 4 is 22.9 Å². The molecule has 0 saturated carbocycles. The van der Waals surface area contributed by atoms with E-state index in [9.17, 15) is 5.11 Å². The van der Waals surface area contributed by atoms with Crippen molar-refractivity contribution in [3.05, 3.63) is 38.8 Å². The van der Waals surface area contributed by atoms with E-state index < -0.39 is 6.10 Å². The van der Waals surface area contributed by atoms with Crippen LogP contribution in [0.5, 0.6) is 0 Å². The van der Waals surface area contributed by atoms with E-state index in [1.165, 1.54) is 11.3 Å². The van der Waals surface area contributed by atoms with Crippen molar-refractivity contribution in [2.45, 2.75) is 19.4 Å². The number of thiophene rings is 1. The first kappa shape index (κ1) is 11.6. The zero-order valence-corrected chi connectivity index (χ0v) is 10.7. The van der Waals surface area contributed by atoms with Gasteiger partial charge in [-0.05, 0) is 25.1 Å². The summed E-state index contributed by atoms with van der Waals surface area (Å²) >= 11 is 7.34. The second kappa shape index (κ2) is 4.57. The SMILES string of the molecule is Cc1cc(C(O)Cc2ccc(Cl)s2)n(C)n1. The average molecular weight is 257 g/mol. The maximum Gasteiger partial charge on any atom is 0.100 e. The van der Waals surface area contributed by atoms with Gasteiger partial charge >= 0.3 is 0 Å². The summed E-state index contributed by atoms with van der Waals surface area (Å²) in [6.07, 6.45) is 0.0528. The maximum atomic E-state index is 10.1. The number of aliphatic hydroxyl groups excluding tert-OH is 1. The van der Waals surface area contributed by atoms with Crippen molar-refractivity contribution in [3.8, 4) is 0 Å². The lowest BCUT2D eigenvalue weighted by atomic mass is 10.1. The van der Waals surface area contributed by atoms with Crippen LogP contribution in [0.15, 0.2) is 18.2 Å². The van der Waals surface area contributed by atoms with Gasteiger partial charge in [-0.2, -0.15) is 5.10 Å². The van der Waals surface area contributed by atoms with Crippen molar-refractivity contribution in [1.82, 2.24) is 9.78 Å². The van der Waals surface area contributed by atoms with Crippen LogP contribution in [-0.4, -0.2) is 14.9 Å². The molecule has 0 aromatic carbocycles. The van der Waals surface area contributed by atoms with Gasteiger partial charge in [-0.15, -0.1) is 11.3 Å². The smallest absolute Gasteiger partial charge is 0.100 e. The number of aryl methyl sites for hydroxylation is 2. The highest BCUT2D eigenvalue weighted by Gasteiger charge is 2.14. The zero-order valence-electron chi connectivity index (χ0n) is 9.14. The van der Waals surface area contributed by atoms with E-state index in [2.05, 4.69) is 5.10 Å². The monoisotopic (exact) mass is 256 g/mol. The number of hydrogen-bond donors (Lipinski definition) is 1. The maximum absolute atomic E-state index is 10.1. The molecule has 0 spiro atoms. The van der Waals surface area contributed by atoms with Crippen LogP contribution in [0.1, 0.15) is 22.4 Å². The average Bonchev–Trinajstić information content (AvgIpc) is 2.73. The van der Waals surface area contributed by atoms with Crippen molar-refractivity contribution in [1.29, 1.82) is 0 Å². The lowest BCUT2D eigenvalue weighted by molar-refractivity contribution is 0.169. The molecule has 16 heavy (non-hydrogen) atoms. The number of aromatic nitrogens is 2. The summed E-state index contributed by atoms with van der Waals surface area (Å²) in [5.41, 5.74) is 1.75. The Bertz CT molecular complexity index is 492. The van der Waals surface area contributed by atoms with Crippen LogP contribution in [0, 0.1) is 6.92 Å². The topological polar surface area (TPSA) is 38.0 Å². The number of rotatable bonds is 3. The molecular weight excluding hydrogens is 244 g/mol. The first-order chi connectivity index (χ1) is 7.56. The Balaban J connectivity index is 2.14. The molecule has 0 aliphatic heterocycles. The van der Waals surface area contributed by atoms with Crippen LogP contribution in [0.25, 0.3) is 0 Å². The third kappa shape index (κ3) is 2.45. The van der Waals surface area contributed by atoms with Crippen LogP contribution < -0.4 is 0 Å². The lowest BCUT2D eigenvalue weighted by Gasteiger charge is -2.09. The van der Waals surface area contributed by atoms with Crippen LogP contribution in [0.2, 0.25) is 4.34 Å². The molecule has 0 bridgehead atoms. The molecule has 5 heteroatoms. The van der Waals surface area contributed by atoms with Crippen LogP contribution >= 0.6 is 22.9 Å². The largest absolute Gasteiger partial charge is 0.386 e. The van der Waals surface area contributed by atoms with E-state index in [0.717, 1.165) is 20.6 Å². The highest BCUT2D eigenvalue weighted by Crippen LogP contribution is 2.26. The minimum atomic E-state index is -0.527. The van der Waals surface area contributed by atoms with Crippen molar-refractivity contribution in [2.24, 2.45) is 7.05 Å². The Labute approximate surface area is 103 Å². The van der Waals surface area contributed by atoms with Crippen LogP contribution in [-0.2, 0) is 13.5 Å². The molecule has 3 nitrogen and oxygen atoms in total. The Morgan fingerprint density at radius 2 is 2.31 bits per heavy atom. The summed E-state index contributed by atoms with van der Waals surface area (Å²) in [6.45, 7) is 1.91. The Hall–Kier alpha value is -0.840. The lowest BCUT2D eigenvalue weighted by Crippen LogP contribution is -2.07. The van der Waals surface area contributed by atoms with Gasteiger partial charge in [0.2, 0.25) is 0 Å². The van der Waals surface area contributed by atoms with E-state index in [1.54, 1.807) is 4.68 Å². The van der Waals surface area contributed by atoms with Gasteiger partial charge in [0.05, 0.1) is 15.7 Å². The number of hydrogen-bond acceptors (Lipinski definition) is 3. The number of nitrogens with zero attached hydrogens (tertiary/aromatic N) is 2. The van der Waals surface area contributed by atoms with E-state index in [1.807, 2.05) is 32.2 Å². The fourth-order valence-electron chi connectivity index (χ4n) is 1.70. The summed E-state index contributed by atoms with van der Waals surface area (Å²) in [7, 11) is 1.84. The van der Waals surface area contributed by atoms with Gasteiger partial charge in [-0.25, -0.2) is 0 Å². The molecule has 86 valence electrons. The third-order valence-corrected chi connectivity index (χ3v) is 3.66. The highest BCUT2D eigenvalue weighted by atomic mass is 35.5. The van der Waals surface area contributed by atoms with E-state index in [-0.39, 0.29) is 0 Å². The van der Waals surface area contributed by atoms with Crippen LogP contribution in [0.4, 0.5) is 0 Å². The Morgan fingerprint density at radius 1 is 1.56 bits per heavy atom. The molecule has 1 N–H and O–H groups in total. The molecule has 2 heterocycles. The van der Waals surface area contributed by atoms with E-state index in [0.29, 0.717) is 6.42 Å². The molecule has 1 unspecified atom stereocenters. The summed E-state index contributed by atoms with van der Waals surface area (Å²) in [5, 5.41) is 14.3. The standard InChI is InChI=1S/C11H13ClN2OS/c1-7-5-9(14(2)13-7)10(15)6-8-3-4-11(12)16-8/h3-5,10,15H,6H2,1-2H3. The predicted molar refractivity (Wildman–Crippen MR) is 65.9 cm³/mol. The normalized spacial score (nSPS) is 13.0. The van der Waals surface area contributed by atoms with Crippen molar-refractivity contribution < 1.29 is 5.11 Å². The summed E-state index contributed by atoms with van der Waals surface area (Å²) < 4.78 is 2.47. The fourth-order valence-corrected chi connectivity index (χ4v) is 2.82. The molecule has 2 rings (SSSR count). The molecule has 0 saturated heterocycles. The minimum absolute atomic E-state index is 0.527. The molecular formula is C11H13ClN2OS. The predicted octanol–water partition coefficient (Wildman–Crippen LogP) is 2.72. The van der Waals surface area contributed by atoms with Gasteiger partial charge in [0.1, 0.15) is 6.10 Å². The minimum Gasteiger partial charge on any atom is -0.386 e. The van der Waals surface area contributed by atoms with Crippen molar-refractivity contribution in [3.63, 3.8) is 0 Å². The van der Waals surface area contributed by atoms with E-state index in [4.69, 9.17) is 11.6 Å². The number of halogens is 1. The number of aliphatic hydroxyl groups is 1. The van der Waals surface area contributed by atoms with Gasteiger partial charge < -0.3 is 5.11 Å². The second-order valence-corrected chi connectivity index (χ2v) is 5.56. The van der Waals surface area contributed by atoms with Gasteiger partial charge in [-0.1, -0.05) is 11.6 Å². The van der Waals surface area contributed by atoms with Gasteiger partial charge in [-0.3, -0.25) is 4.68 Å². The van der Waals surface area contributed by atoms with Gasteiger partial charge in [0.15, 0.2) is 0 Å². The quantitative estimate of drug-likeness (QED) is 0.917. The van der Waals surface area contributed by atoms with Crippen LogP contribution in [0.3, 0.4) is 0 Å². The fraction of sp³-hybridized carbons (Fsp3) is 0.364.